The van der Waals surface area contributed by atoms with Crippen LogP contribution in [0.15, 0.2) is 18.3 Å². The SMILES string of the molecule is COCO[C@@]1(Cc2cc(OCCC3CC3)ccn2)C(=O)N(COC)[C@H]1COCCC1CC1. The van der Waals surface area contributed by atoms with Gasteiger partial charge < -0.3 is 28.6 Å². The van der Waals surface area contributed by atoms with Crippen molar-refractivity contribution in [3.05, 3.63) is 24.0 Å². The van der Waals surface area contributed by atoms with Crippen LogP contribution in [0.1, 0.15) is 44.2 Å². The van der Waals surface area contributed by atoms with Crippen LogP contribution < -0.4 is 4.74 Å². The molecule has 8 nitrogen and oxygen atoms in total. The minimum Gasteiger partial charge on any atom is -0.493 e. The molecule has 0 N–H and O–H groups in total. The second-order valence-corrected chi connectivity index (χ2v) is 9.20. The molecule has 8 heteroatoms. The van der Waals surface area contributed by atoms with Crippen LogP contribution in [0.3, 0.4) is 0 Å². The van der Waals surface area contributed by atoms with E-state index >= 15 is 0 Å². The summed E-state index contributed by atoms with van der Waals surface area (Å²) in [6, 6.07) is 3.49. The summed E-state index contributed by atoms with van der Waals surface area (Å²) in [6.07, 6.45) is 9.43. The number of methoxy groups -OCH3 is 2. The van der Waals surface area contributed by atoms with E-state index in [1.165, 1.54) is 25.7 Å². The fourth-order valence-electron chi connectivity index (χ4n) is 4.30. The summed E-state index contributed by atoms with van der Waals surface area (Å²) >= 11 is 0. The van der Waals surface area contributed by atoms with E-state index in [4.69, 9.17) is 23.7 Å². The Bertz CT molecular complexity index is 754. The molecule has 0 aromatic carbocycles. The van der Waals surface area contributed by atoms with Crippen molar-refractivity contribution in [1.82, 2.24) is 9.88 Å². The van der Waals surface area contributed by atoms with Crippen LogP contribution in [0.5, 0.6) is 5.75 Å². The van der Waals surface area contributed by atoms with Gasteiger partial charge in [-0.2, -0.15) is 0 Å². The number of carbonyl (C=O) groups is 1. The zero-order valence-electron chi connectivity index (χ0n) is 19.3. The van der Waals surface area contributed by atoms with Crippen molar-refractivity contribution in [2.24, 2.45) is 11.8 Å². The Morgan fingerprint density at radius 3 is 2.53 bits per heavy atom. The number of rotatable bonds is 16. The number of hydrogen-bond donors (Lipinski definition) is 0. The first-order valence-corrected chi connectivity index (χ1v) is 11.7. The molecule has 0 bridgehead atoms. The summed E-state index contributed by atoms with van der Waals surface area (Å²) in [5.74, 6) is 2.26. The lowest BCUT2D eigenvalue weighted by Gasteiger charge is -2.54. The topological polar surface area (TPSA) is 79.4 Å². The molecule has 1 aromatic heterocycles. The van der Waals surface area contributed by atoms with Gasteiger partial charge in [-0.15, -0.1) is 0 Å². The second-order valence-electron chi connectivity index (χ2n) is 9.20. The van der Waals surface area contributed by atoms with Crippen molar-refractivity contribution in [3.63, 3.8) is 0 Å². The molecule has 2 saturated carbocycles. The molecule has 1 aliphatic heterocycles. The number of amides is 1. The zero-order valence-corrected chi connectivity index (χ0v) is 19.3. The number of aromatic nitrogens is 1. The highest BCUT2D eigenvalue weighted by atomic mass is 16.7. The molecule has 0 spiro atoms. The maximum atomic E-state index is 13.2. The Hall–Kier alpha value is -1.74. The van der Waals surface area contributed by atoms with Crippen LogP contribution in [-0.4, -0.2) is 75.0 Å². The van der Waals surface area contributed by atoms with Gasteiger partial charge in [-0.25, -0.2) is 0 Å². The first kappa shape index (κ1) is 23.4. The number of nitrogens with zero attached hydrogens (tertiary/aromatic N) is 2. The van der Waals surface area contributed by atoms with Gasteiger partial charge in [-0.3, -0.25) is 9.78 Å². The Kier molecular flexibility index (Phi) is 7.99. The monoisotopic (exact) mass is 448 g/mol. The van der Waals surface area contributed by atoms with Crippen LogP contribution >= 0.6 is 0 Å². The maximum Gasteiger partial charge on any atom is 0.259 e. The number of hydrogen-bond acceptors (Lipinski definition) is 7. The van der Waals surface area contributed by atoms with Crippen molar-refractivity contribution >= 4 is 5.91 Å². The van der Waals surface area contributed by atoms with E-state index in [9.17, 15) is 4.79 Å². The smallest absolute Gasteiger partial charge is 0.259 e. The van der Waals surface area contributed by atoms with Gasteiger partial charge in [0.25, 0.3) is 5.91 Å². The Morgan fingerprint density at radius 2 is 1.84 bits per heavy atom. The lowest BCUT2D eigenvalue weighted by atomic mass is 9.78. The molecule has 1 aromatic rings. The van der Waals surface area contributed by atoms with E-state index in [0.29, 0.717) is 26.2 Å². The molecule has 4 rings (SSSR count). The van der Waals surface area contributed by atoms with Crippen LogP contribution in [0.25, 0.3) is 0 Å². The molecule has 1 saturated heterocycles. The van der Waals surface area contributed by atoms with Gasteiger partial charge in [-0.05, 0) is 30.7 Å². The third kappa shape index (κ3) is 5.78. The number of β-lactam (4-membered cyclic amide) rings is 1. The third-order valence-electron chi connectivity index (χ3n) is 6.61. The fraction of sp³-hybridized carbons (Fsp3) is 0.750. The quantitative estimate of drug-likeness (QED) is 0.219. The molecule has 3 aliphatic rings. The molecule has 3 fully saturated rings. The van der Waals surface area contributed by atoms with Crippen LogP contribution in [-0.2, 0) is 30.2 Å². The second kappa shape index (κ2) is 10.9. The third-order valence-corrected chi connectivity index (χ3v) is 6.61. The van der Waals surface area contributed by atoms with Gasteiger partial charge >= 0.3 is 0 Å². The highest BCUT2D eigenvalue weighted by molar-refractivity contribution is 5.93. The van der Waals surface area contributed by atoms with E-state index in [1.54, 1.807) is 25.3 Å². The molecule has 0 radical (unpaired) electrons. The normalized spacial score (nSPS) is 25.1. The van der Waals surface area contributed by atoms with Crippen LogP contribution in [0, 0.1) is 11.8 Å². The van der Waals surface area contributed by atoms with Gasteiger partial charge in [0.2, 0.25) is 0 Å². The predicted octanol–water partition coefficient (Wildman–Crippen LogP) is 2.79. The van der Waals surface area contributed by atoms with Crippen molar-refractivity contribution in [2.45, 2.75) is 56.6 Å². The number of carbonyl (C=O) groups excluding carboxylic acids is 1. The Morgan fingerprint density at radius 1 is 1.09 bits per heavy atom. The van der Waals surface area contributed by atoms with Gasteiger partial charge in [0, 0.05) is 45.2 Å². The largest absolute Gasteiger partial charge is 0.493 e. The van der Waals surface area contributed by atoms with E-state index in [-0.39, 0.29) is 25.5 Å². The zero-order chi connectivity index (χ0) is 22.4. The Labute approximate surface area is 190 Å². The summed E-state index contributed by atoms with van der Waals surface area (Å²) in [5, 5.41) is 0. The van der Waals surface area contributed by atoms with Gasteiger partial charge in [-0.1, -0.05) is 25.7 Å². The maximum absolute atomic E-state index is 13.2. The van der Waals surface area contributed by atoms with Crippen molar-refractivity contribution in [2.75, 3.05) is 47.6 Å². The van der Waals surface area contributed by atoms with Crippen molar-refractivity contribution in [1.29, 1.82) is 0 Å². The molecule has 1 amide bonds. The number of likely N-dealkylation sites (tertiary alicyclic amines) is 1. The first-order valence-electron chi connectivity index (χ1n) is 11.7. The van der Waals surface area contributed by atoms with E-state index < -0.39 is 5.60 Å². The van der Waals surface area contributed by atoms with Crippen LogP contribution in [0.2, 0.25) is 0 Å². The number of ether oxygens (including phenoxy) is 5. The fourth-order valence-corrected chi connectivity index (χ4v) is 4.30. The van der Waals surface area contributed by atoms with Gasteiger partial charge in [0.15, 0.2) is 5.60 Å². The predicted molar refractivity (Wildman–Crippen MR) is 117 cm³/mol. The minimum atomic E-state index is -1.09. The molecule has 32 heavy (non-hydrogen) atoms. The summed E-state index contributed by atoms with van der Waals surface area (Å²) in [4.78, 5) is 19.4. The molecule has 2 aliphatic carbocycles. The Balaban J connectivity index is 1.43. The standard InChI is InChI=1S/C24H36N2O6/c1-28-16-26-22(15-30-11-8-18-3-4-18)24(23(26)27,32-17-29-2)14-20-13-21(7-10-25-20)31-12-9-19-5-6-19/h7,10,13,18-19,22H,3-6,8-9,11-12,14-17H2,1-2H3/t22-,24+/m0/s1. The molecule has 0 unspecified atom stereocenters. The highest BCUT2D eigenvalue weighted by Gasteiger charge is 2.62. The van der Waals surface area contributed by atoms with Crippen molar-refractivity contribution < 1.29 is 28.5 Å². The molecule has 2 heterocycles. The van der Waals surface area contributed by atoms with Crippen molar-refractivity contribution in [3.8, 4) is 5.75 Å². The molecular weight excluding hydrogens is 412 g/mol. The van der Waals surface area contributed by atoms with Gasteiger partial charge in [0.05, 0.1) is 19.3 Å². The summed E-state index contributed by atoms with van der Waals surface area (Å²) in [7, 11) is 3.13. The molecule has 2 atom stereocenters. The minimum absolute atomic E-state index is 0.0166. The summed E-state index contributed by atoms with van der Waals surface area (Å²) < 4.78 is 28.4. The summed E-state index contributed by atoms with van der Waals surface area (Å²) in [6.45, 7) is 2.01. The van der Waals surface area contributed by atoms with E-state index in [1.807, 2.05) is 12.1 Å². The lowest BCUT2D eigenvalue weighted by Crippen LogP contribution is -2.77. The lowest BCUT2D eigenvalue weighted by molar-refractivity contribution is -0.239. The van der Waals surface area contributed by atoms with Gasteiger partial charge in [0.1, 0.15) is 19.3 Å². The van der Waals surface area contributed by atoms with E-state index in [2.05, 4.69) is 4.98 Å². The highest BCUT2D eigenvalue weighted by Crippen LogP contribution is 2.39. The summed E-state index contributed by atoms with van der Waals surface area (Å²) in [5.41, 5.74) is -0.341. The average Bonchev–Trinajstić information content (AvgIpc) is 3.72. The van der Waals surface area contributed by atoms with Crippen LogP contribution in [0.4, 0.5) is 0 Å². The number of pyridine rings is 1. The molecule has 178 valence electrons. The van der Waals surface area contributed by atoms with E-state index in [0.717, 1.165) is 36.1 Å². The average molecular weight is 449 g/mol. The first-order chi connectivity index (χ1) is 15.7. The molecular formula is C24H36N2O6.